The van der Waals surface area contributed by atoms with Crippen LogP contribution in [-0.2, 0) is 6.42 Å². The second-order valence-electron chi connectivity index (χ2n) is 4.64. The van der Waals surface area contributed by atoms with Crippen molar-refractivity contribution in [2.45, 2.75) is 25.7 Å². The SMILES string of the molecule is NCC1CCCC1Cc1ccc(F)c(Br)c1. The lowest BCUT2D eigenvalue weighted by atomic mass is 9.90. The van der Waals surface area contributed by atoms with E-state index in [0.29, 0.717) is 16.3 Å². The highest BCUT2D eigenvalue weighted by Gasteiger charge is 2.26. The van der Waals surface area contributed by atoms with Crippen molar-refractivity contribution >= 4 is 15.9 Å². The molecule has 1 aliphatic carbocycles. The van der Waals surface area contributed by atoms with Crippen molar-refractivity contribution in [2.75, 3.05) is 6.54 Å². The van der Waals surface area contributed by atoms with E-state index in [0.717, 1.165) is 13.0 Å². The minimum Gasteiger partial charge on any atom is -0.330 e. The van der Waals surface area contributed by atoms with Crippen molar-refractivity contribution in [2.24, 2.45) is 17.6 Å². The zero-order chi connectivity index (χ0) is 11.5. The van der Waals surface area contributed by atoms with E-state index in [1.54, 1.807) is 0 Å². The molecule has 16 heavy (non-hydrogen) atoms. The van der Waals surface area contributed by atoms with E-state index in [1.165, 1.54) is 30.9 Å². The average Bonchev–Trinajstić information content (AvgIpc) is 2.71. The number of nitrogens with two attached hydrogens (primary N) is 1. The molecule has 1 aromatic carbocycles. The van der Waals surface area contributed by atoms with Crippen LogP contribution >= 0.6 is 15.9 Å². The summed E-state index contributed by atoms with van der Waals surface area (Å²) in [6.07, 6.45) is 4.83. The van der Waals surface area contributed by atoms with E-state index in [2.05, 4.69) is 15.9 Å². The number of hydrogen-bond donors (Lipinski definition) is 1. The van der Waals surface area contributed by atoms with Crippen LogP contribution in [-0.4, -0.2) is 6.54 Å². The van der Waals surface area contributed by atoms with Crippen molar-refractivity contribution < 1.29 is 4.39 Å². The van der Waals surface area contributed by atoms with Gasteiger partial charge >= 0.3 is 0 Å². The van der Waals surface area contributed by atoms with Gasteiger partial charge in [-0.3, -0.25) is 0 Å². The Hall–Kier alpha value is -0.410. The van der Waals surface area contributed by atoms with E-state index in [1.807, 2.05) is 12.1 Å². The molecule has 2 unspecified atom stereocenters. The highest BCUT2D eigenvalue weighted by atomic mass is 79.9. The normalized spacial score (nSPS) is 24.9. The van der Waals surface area contributed by atoms with Gasteiger partial charge in [-0.25, -0.2) is 4.39 Å². The first-order valence-corrected chi connectivity index (χ1v) is 6.64. The molecule has 1 aromatic rings. The van der Waals surface area contributed by atoms with Gasteiger partial charge in [0, 0.05) is 0 Å². The maximum absolute atomic E-state index is 13.1. The third kappa shape index (κ3) is 2.64. The van der Waals surface area contributed by atoms with Gasteiger partial charge in [-0.2, -0.15) is 0 Å². The highest BCUT2D eigenvalue weighted by molar-refractivity contribution is 9.10. The molecule has 2 N–H and O–H groups in total. The van der Waals surface area contributed by atoms with Crippen LogP contribution in [0.15, 0.2) is 22.7 Å². The number of benzene rings is 1. The lowest BCUT2D eigenvalue weighted by Crippen LogP contribution is -2.20. The van der Waals surface area contributed by atoms with E-state index in [-0.39, 0.29) is 5.82 Å². The molecule has 3 heteroatoms. The first-order chi connectivity index (χ1) is 7.70. The van der Waals surface area contributed by atoms with E-state index < -0.39 is 0 Å². The van der Waals surface area contributed by atoms with Gasteiger partial charge in [0.15, 0.2) is 0 Å². The molecule has 0 aromatic heterocycles. The van der Waals surface area contributed by atoms with Gasteiger partial charge in [-0.15, -0.1) is 0 Å². The molecule has 0 amide bonds. The Kier molecular flexibility index (Phi) is 3.98. The standard InChI is InChI=1S/C13H17BrFN/c14-12-7-9(4-5-13(12)15)6-10-2-1-3-11(10)8-16/h4-5,7,10-11H,1-3,6,8,16H2. The Balaban J connectivity index is 2.05. The molecular weight excluding hydrogens is 269 g/mol. The molecule has 1 fully saturated rings. The molecule has 1 nitrogen and oxygen atoms in total. The number of hydrogen-bond acceptors (Lipinski definition) is 1. The van der Waals surface area contributed by atoms with E-state index >= 15 is 0 Å². The smallest absolute Gasteiger partial charge is 0.137 e. The van der Waals surface area contributed by atoms with Gasteiger partial charge in [-0.05, 0) is 71.3 Å². The third-order valence-corrected chi connectivity index (χ3v) is 4.21. The van der Waals surface area contributed by atoms with Crippen LogP contribution in [0.2, 0.25) is 0 Å². The van der Waals surface area contributed by atoms with Crippen molar-refractivity contribution in [3.8, 4) is 0 Å². The summed E-state index contributed by atoms with van der Waals surface area (Å²) < 4.78 is 13.7. The molecule has 1 saturated carbocycles. The van der Waals surface area contributed by atoms with Crippen molar-refractivity contribution in [3.05, 3.63) is 34.1 Å². The van der Waals surface area contributed by atoms with Gasteiger partial charge in [0.1, 0.15) is 5.82 Å². The Morgan fingerprint density at radius 1 is 1.31 bits per heavy atom. The largest absolute Gasteiger partial charge is 0.330 e. The first kappa shape index (κ1) is 12.1. The molecule has 1 aliphatic rings. The molecular formula is C13H17BrFN. The summed E-state index contributed by atoms with van der Waals surface area (Å²) in [5.41, 5.74) is 6.97. The van der Waals surface area contributed by atoms with Crippen LogP contribution in [0.5, 0.6) is 0 Å². The summed E-state index contributed by atoms with van der Waals surface area (Å²) in [5.74, 6) is 1.15. The molecule has 0 aliphatic heterocycles. The minimum absolute atomic E-state index is 0.189. The summed E-state index contributed by atoms with van der Waals surface area (Å²) in [6, 6.07) is 5.30. The van der Waals surface area contributed by atoms with Crippen LogP contribution in [0.1, 0.15) is 24.8 Å². The topological polar surface area (TPSA) is 26.0 Å². The molecule has 0 bridgehead atoms. The van der Waals surface area contributed by atoms with Crippen molar-refractivity contribution in [1.29, 1.82) is 0 Å². The zero-order valence-corrected chi connectivity index (χ0v) is 10.8. The van der Waals surface area contributed by atoms with E-state index in [4.69, 9.17) is 5.73 Å². The molecule has 0 spiro atoms. The maximum Gasteiger partial charge on any atom is 0.137 e. The van der Waals surface area contributed by atoms with Gasteiger partial charge < -0.3 is 5.73 Å². The van der Waals surface area contributed by atoms with Crippen molar-refractivity contribution in [1.82, 2.24) is 0 Å². The van der Waals surface area contributed by atoms with Gasteiger partial charge in [-0.1, -0.05) is 12.5 Å². The highest BCUT2D eigenvalue weighted by Crippen LogP contribution is 2.34. The fraction of sp³-hybridized carbons (Fsp3) is 0.538. The predicted octanol–water partition coefficient (Wildman–Crippen LogP) is 3.51. The third-order valence-electron chi connectivity index (χ3n) is 3.60. The zero-order valence-electron chi connectivity index (χ0n) is 9.26. The van der Waals surface area contributed by atoms with Crippen molar-refractivity contribution in [3.63, 3.8) is 0 Å². The predicted molar refractivity (Wildman–Crippen MR) is 67.7 cm³/mol. The average molecular weight is 286 g/mol. The fourth-order valence-corrected chi connectivity index (χ4v) is 3.09. The molecule has 0 saturated heterocycles. The van der Waals surface area contributed by atoms with Crippen LogP contribution in [0.3, 0.4) is 0 Å². The molecule has 2 rings (SSSR count). The number of rotatable bonds is 3. The molecule has 2 atom stereocenters. The summed E-state index contributed by atoms with van der Waals surface area (Å²) in [7, 11) is 0. The molecule has 0 heterocycles. The van der Waals surface area contributed by atoms with Gasteiger partial charge in [0.25, 0.3) is 0 Å². The Bertz CT molecular complexity index is 367. The van der Waals surface area contributed by atoms with Gasteiger partial charge in [0.2, 0.25) is 0 Å². The second-order valence-corrected chi connectivity index (χ2v) is 5.49. The quantitative estimate of drug-likeness (QED) is 0.904. The Morgan fingerprint density at radius 3 is 2.75 bits per heavy atom. The lowest BCUT2D eigenvalue weighted by molar-refractivity contribution is 0.394. The molecule has 0 radical (unpaired) electrons. The Labute approximate surface area is 104 Å². The number of halogens is 2. The van der Waals surface area contributed by atoms with Crippen LogP contribution < -0.4 is 5.73 Å². The van der Waals surface area contributed by atoms with Crippen LogP contribution in [0, 0.1) is 17.7 Å². The van der Waals surface area contributed by atoms with Gasteiger partial charge in [0.05, 0.1) is 4.47 Å². The summed E-state index contributed by atoms with van der Waals surface area (Å²) >= 11 is 3.23. The van der Waals surface area contributed by atoms with Crippen LogP contribution in [0.25, 0.3) is 0 Å². The maximum atomic E-state index is 13.1. The second kappa shape index (κ2) is 5.28. The molecule has 88 valence electrons. The summed E-state index contributed by atoms with van der Waals surface area (Å²) in [6.45, 7) is 0.785. The first-order valence-electron chi connectivity index (χ1n) is 5.84. The monoisotopic (exact) mass is 285 g/mol. The van der Waals surface area contributed by atoms with Crippen LogP contribution in [0.4, 0.5) is 4.39 Å². The summed E-state index contributed by atoms with van der Waals surface area (Å²) in [4.78, 5) is 0. The fourth-order valence-electron chi connectivity index (χ4n) is 2.66. The Morgan fingerprint density at radius 2 is 2.06 bits per heavy atom. The summed E-state index contributed by atoms with van der Waals surface area (Å²) in [5, 5.41) is 0. The minimum atomic E-state index is -0.189. The lowest BCUT2D eigenvalue weighted by Gasteiger charge is -2.17. The van der Waals surface area contributed by atoms with E-state index in [9.17, 15) is 4.39 Å².